The van der Waals surface area contributed by atoms with E-state index >= 15 is 0 Å². The van der Waals surface area contributed by atoms with Crippen LogP contribution < -0.4 is 20.1 Å². The van der Waals surface area contributed by atoms with E-state index in [0.29, 0.717) is 31.7 Å². The number of hydrogen-bond donors (Lipinski definition) is 6. The Morgan fingerprint density at radius 2 is 0.922 bits per heavy atom. The van der Waals surface area contributed by atoms with E-state index in [1.807, 2.05) is 4.93 Å². The molecule has 1 radical (unpaired) electrons. The number of ketones is 1. The molecule has 2 aliphatic rings. The molecular formula is C58H70BBr6IN5O25S7. The van der Waals surface area contributed by atoms with E-state index in [0.717, 1.165) is 67.9 Å². The number of benzene rings is 6. The summed E-state index contributed by atoms with van der Waals surface area (Å²) in [5, 5.41) is 57.2. The molecule has 571 valence electrons. The molecule has 6 aromatic rings. The van der Waals surface area contributed by atoms with Gasteiger partial charge in [-0.25, -0.2) is 50.5 Å². The molecular weight excluding hydrogens is 2010 g/mol. The van der Waals surface area contributed by atoms with Crippen LogP contribution in [0.4, 0.5) is 22.7 Å². The number of sulfone groups is 6. The quantitative estimate of drug-likeness (QED) is 0.00901. The summed E-state index contributed by atoms with van der Waals surface area (Å²) in [4.78, 5) is 57.0. The number of fused-ring (bicyclic) bond motifs is 2. The molecule has 6 N–H and O–H groups in total. The third-order valence-electron chi connectivity index (χ3n) is 12.3. The molecule has 6 aromatic carbocycles. The fraction of sp³-hybridized carbons (Fsp3) is 0.328. The summed E-state index contributed by atoms with van der Waals surface area (Å²) in [5.74, 6) is -0.490. The average Bonchev–Trinajstić information content (AvgIpc) is 0.763. The Morgan fingerprint density at radius 3 is 1.30 bits per heavy atom. The minimum absolute atomic E-state index is 0. The zero-order chi connectivity index (χ0) is 80.5. The zero-order valence-electron chi connectivity index (χ0n) is 55.7. The van der Waals surface area contributed by atoms with Gasteiger partial charge in [-0.15, -0.1) is 0 Å². The number of nitrogens with two attached hydrogens (primary N) is 1. The van der Waals surface area contributed by atoms with Crippen molar-refractivity contribution in [2.75, 3.05) is 60.1 Å². The monoisotopic (exact) mass is 2070 g/mol. The first-order valence-electron chi connectivity index (χ1n) is 27.0. The summed E-state index contributed by atoms with van der Waals surface area (Å²) >= 11 is 23.7. The number of carbonyl (C=O) groups is 3. The van der Waals surface area contributed by atoms with Gasteiger partial charge in [0.2, 0.25) is 10.4 Å². The second-order valence-corrected chi connectivity index (χ2v) is 40.6. The van der Waals surface area contributed by atoms with Crippen molar-refractivity contribution in [3.05, 3.63) is 135 Å². The predicted octanol–water partition coefficient (Wildman–Crippen LogP) is 12.2. The molecule has 2 heterocycles. The van der Waals surface area contributed by atoms with Crippen molar-refractivity contribution >= 4 is 237 Å². The molecule has 0 bridgehead atoms. The molecule has 0 spiro atoms. The van der Waals surface area contributed by atoms with E-state index in [4.69, 9.17) is 25.4 Å². The number of alkyl halides is 2. The first kappa shape index (κ1) is 100. The van der Waals surface area contributed by atoms with Gasteiger partial charge in [0.25, 0.3) is 5.91 Å². The number of carbonyl (C=O) groups excluding carboxylic acids is 3. The Balaban J connectivity index is 0. The molecule has 45 heteroatoms. The number of Topliss-reactive ketones (excluding diaryl/α,β-unsaturated/α-hetero) is 1. The number of nitrogen functional groups attached to an aromatic ring is 1. The normalized spacial score (nSPS) is 13.3. The number of aromatic hydroxyl groups is 4. The van der Waals surface area contributed by atoms with Gasteiger partial charge >= 0.3 is 36.1 Å². The second-order valence-electron chi connectivity index (χ2n) is 22.1. The molecule has 2 aliphatic heterocycles. The van der Waals surface area contributed by atoms with Crippen LogP contribution >= 0.6 is 131 Å². The number of nitrogens with zero attached hydrogens (tertiary/aromatic N) is 4. The predicted molar refractivity (Wildman–Crippen MR) is 425 cm³/mol. The summed E-state index contributed by atoms with van der Waals surface area (Å²) in [6, 6.07) is 18.7. The average molecular weight is 2080 g/mol. The number of nitro benzene ring substituents is 2. The first-order chi connectivity index (χ1) is 45.9. The molecule has 0 unspecified atom stereocenters. The van der Waals surface area contributed by atoms with Crippen LogP contribution in [0, 0.1) is 20.2 Å². The number of halogens is 7. The van der Waals surface area contributed by atoms with Gasteiger partial charge in [0.15, 0.2) is 93.3 Å². The van der Waals surface area contributed by atoms with Gasteiger partial charge in [0.1, 0.15) is 11.5 Å². The number of nitro groups is 2. The number of hydrogen-bond acceptors (Lipinski definition) is 28. The van der Waals surface area contributed by atoms with Crippen LogP contribution in [0.25, 0.3) is 0 Å². The maximum atomic E-state index is 12.1. The van der Waals surface area contributed by atoms with Crippen LogP contribution in [-0.2, 0) is 79.8 Å². The summed E-state index contributed by atoms with van der Waals surface area (Å²) < 4.78 is 149. The number of phenols is 4. The first-order valence-corrected chi connectivity index (χ1v) is 45.6. The Kier molecular flexibility index (Phi) is 39.2. The Bertz CT molecular complexity index is 4860. The molecule has 0 saturated carbocycles. The van der Waals surface area contributed by atoms with Gasteiger partial charge in [-0.1, -0.05) is 45.9 Å². The van der Waals surface area contributed by atoms with Crippen molar-refractivity contribution in [3.8, 4) is 34.5 Å². The van der Waals surface area contributed by atoms with E-state index < -0.39 is 107 Å². The summed E-state index contributed by atoms with van der Waals surface area (Å²) in [6.07, 6.45) is 6.50. The summed E-state index contributed by atoms with van der Waals surface area (Å²) in [5.41, 5.74) is 3.35. The number of amides is 1. The van der Waals surface area contributed by atoms with Crippen LogP contribution in [0.3, 0.4) is 0 Å². The molecule has 0 aliphatic carbocycles. The van der Waals surface area contributed by atoms with Crippen molar-refractivity contribution in [2.24, 2.45) is 4.30 Å². The maximum absolute atomic E-state index is 12.1. The van der Waals surface area contributed by atoms with Gasteiger partial charge < -0.3 is 40.5 Å². The number of anilines is 2. The van der Waals surface area contributed by atoms with Crippen LogP contribution in [0.2, 0.25) is 0 Å². The molecule has 1 amide bonds. The van der Waals surface area contributed by atoms with Crippen LogP contribution in [-0.4, -0.2) is 170 Å². The van der Waals surface area contributed by atoms with Crippen LogP contribution in [0.5, 0.6) is 34.5 Å². The SMILES string of the molecule is C.CC(C)(Br)C(=O)Br.CC1(C)Oc2c(Br)cc(S(C)(=O)=O)cc2CC1=O.CI.CN1C(=O)C(C)(C)Oc2c(Br)cc(S(C)(=O)=O)cc21.CS(=O)(=O)c1cc(Br)c(O)c([N+](=O)[O-])c1.CS(=O)(=O)c1cc(N)c(O)c(Br)c1.CS(=O)(=O)c1ccc(O)c([N+](=O)[O-])c1.CS(=O)(=O)c1ccc(O)cc1.[B]=NS. The number of ether oxygens (including phenoxy) is 2. The van der Waals surface area contributed by atoms with Gasteiger partial charge in [-0.3, -0.25) is 34.6 Å². The summed E-state index contributed by atoms with van der Waals surface area (Å²) in [7, 11) is -14.2. The molecule has 0 fully saturated rings. The van der Waals surface area contributed by atoms with E-state index in [1.54, 1.807) is 48.6 Å². The molecule has 0 atom stereocenters. The van der Waals surface area contributed by atoms with Crippen molar-refractivity contribution < 1.29 is 105 Å². The topological polar surface area (TPSA) is 483 Å². The standard InChI is InChI=1S/C12H14BrNO4S.C12H13BrO4S.C7H6BrNO5S.C7H8BrNO3S.C7H7NO5S.C7H8O3S.C4H6Br2O.CH3I.CH4.BHNS/c1-12(2)11(15)14(3)9-6-7(19(4,16)17)5-8(13)10(9)18-12;1-12(2)10(14)5-7-4-8(18(3,15)16)6-9(13)11(7)17-12;1-15(13,14)4-2-5(8)7(10)6(3-4)9(11)12;1-13(11,12)4-2-5(8)7(10)6(9)3-4;1-14(12,13)5-2-3-7(9)6(4-5)8(10)11;1-11(9,10)7-4-2-6(8)3-5-7;1-4(2,6)3(5)7;1-2;;1-2-3/h5-6H,1-4H3;4,6H,5H2,1-3H3;2-3,10H,1H3;2-3,10H,9H2,1H3;2-4,9H,1H3;2-5,8H,1H3;1-2H3;1H3;1H4;3H. The molecule has 103 heavy (non-hydrogen) atoms. The Morgan fingerprint density at radius 1 is 0.592 bits per heavy atom. The van der Waals surface area contributed by atoms with E-state index in [1.165, 1.54) is 65.6 Å². The number of rotatable bonds is 9. The van der Waals surface area contributed by atoms with Crippen LogP contribution in [0.1, 0.15) is 54.5 Å². The van der Waals surface area contributed by atoms with Gasteiger partial charge in [0.05, 0.1) is 72.8 Å². The van der Waals surface area contributed by atoms with Gasteiger partial charge in [-0.2, -0.15) is 0 Å². The van der Waals surface area contributed by atoms with Crippen molar-refractivity contribution in [2.45, 2.75) is 100 Å². The number of likely N-dealkylation sites (N-methyl/N-ethyl adjacent to an activating group) is 1. The van der Waals surface area contributed by atoms with Crippen molar-refractivity contribution in [1.82, 2.24) is 0 Å². The molecule has 0 saturated heterocycles. The zero-order valence-corrected chi connectivity index (χ0v) is 73.2. The van der Waals surface area contributed by atoms with E-state index in [9.17, 15) is 95.3 Å². The van der Waals surface area contributed by atoms with Crippen molar-refractivity contribution in [1.29, 1.82) is 0 Å². The van der Waals surface area contributed by atoms with Gasteiger partial charge in [0, 0.05) is 68.7 Å². The van der Waals surface area contributed by atoms with E-state index in [2.05, 4.69) is 143 Å². The molecule has 8 rings (SSSR count). The molecule has 30 nitrogen and oxygen atoms in total. The number of thiol groups is 1. The minimum atomic E-state index is -3.54. The third kappa shape index (κ3) is 31.8. The Labute approximate surface area is 668 Å². The van der Waals surface area contributed by atoms with E-state index in [-0.39, 0.29) is 85.7 Å². The second kappa shape index (κ2) is 40.3. The fourth-order valence-corrected chi connectivity index (χ4v) is 13.6. The fourth-order valence-electron chi connectivity index (χ4n) is 7.01. The van der Waals surface area contributed by atoms with Crippen LogP contribution in [0.15, 0.2) is 143 Å². The Hall–Kier alpha value is -4.95. The molecule has 0 aromatic heterocycles. The van der Waals surface area contributed by atoms with Gasteiger partial charge in [-0.05, 0) is 205 Å². The number of phenolic OH excluding ortho intramolecular Hbond substituents is 4. The third-order valence-corrected chi connectivity index (χ3v) is 23.2. The summed E-state index contributed by atoms with van der Waals surface area (Å²) in [6.45, 7) is 10.3. The van der Waals surface area contributed by atoms with Crippen molar-refractivity contribution in [3.63, 3.8) is 0 Å².